The molecule has 5 heterocycles. The average Bonchev–Trinajstić information content (AvgIpc) is 3.74. The number of likely N-dealkylation sites (tertiary alicyclic amines) is 1. The van der Waals surface area contributed by atoms with Crippen LogP contribution in [-0.2, 0) is 14.3 Å². The van der Waals surface area contributed by atoms with Gasteiger partial charge in [-0.1, -0.05) is 30.3 Å². The molecule has 7 rings (SSSR count). The fraction of sp³-hybridized carbons (Fsp3) is 0.278. The number of fused-ring (bicyclic) bond motifs is 1. The van der Waals surface area contributed by atoms with Gasteiger partial charge in [-0.2, -0.15) is 9.83 Å². The number of aromatic nitrogens is 5. The van der Waals surface area contributed by atoms with E-state index in [-0.39, 0.29) is 25.0 Å². The third-order valence-electron chi connectivity index (χ3n) is 9.23. The number of methoxy groups -OCH3 is 1. The topological polar surface area (TPSA) is 143 Å². The zero-order valence-corrected chi connectivity index (χ0v) is 26.6. The second-order valence-electron chi connectivity index (χ2n) is 12.4. The number of hydrogen-bond acceptors (Lipinski definition) is 8. The smallest absolute Gasteiger partial charge is 0.237 e. The maximum Gasteiger partial charge on any atom is 0.237 e. The minimum absolute atomic E-state index is 0.0526. The van der Waals surface area contributed by atoms with Crippen LogP contribution in [0.15, 0.2) is 91.5 Å². The molecule has 12 nitrogen and oxygen atoms in total. The maximum atomic E-state index is 13.8. The van der Waals surface area contributed by atoms with Crippen molar-refractivity contribution in [3.8, 4) is 22.6 Å². The zero-order chi connectivity index (χ0) is 33.1. The summed E-state index contributed by atoms with van der Waals surface area (Å²) in [6, 6.07) is 19.0. The first-order valence-corrected chi connectivity index (χ1v) is 16.0. The van der Waals surface area contributed by atoms with Gasteiger partial charge >= 0.3 is 0 Å². The van der Waals surface area contributed by atoms with E-state index in [2.05, 4.69) is 48.6 Å². The number of aromatic amines is 1. The molecule has 0 bridgehead atoms. The highest BCUT2D eigenvalue weighted by atomic mass is 16.5. The van der Waals surface area contributed by atoms with Crippen molar-refractivity contribution in [2.75, 3.05) is 51.8 Å². The van der Waals surface area contributed by atoms with Gasteiger partial charge in [0.2, 0.25) is 11.8 Å². The average molecular weight is 645 g/mol. The van der Waals surface area contributed by atoms with Gasteiger partial charge in [0.25, 0.3) is 0 Å². The summed E-state index contributed by atoms with van der Waals surface area (Å²) in [5.74, 6) is 0.601. The van der Waals surface area contributed by atoms with E-state index >= 15 is 0 Å². The highest BCUT2D eigenvalue weighted by Crippen LogP contribution is 2.34. The Hall–Kier alpha value is -5.46. The van der Waals surface area contributed by atoms with Crippen LogP contribution in [0, 0.1) is 10.6 Å². The quantitative estimate of drug-likeness (QED) is 0.182. The van der Waals surface area contributed by atoms with E-state index in [1.54, 1.807) is 37.7 Å². The summed E-state index contributed by atoms with van der Waals surface area (Å²) in [7, 11) is 1.60. The molecule has 5 aromatic rings. The largest absolute Gasteiger partial charge is 0.619 e. The number of nitrogens with one attached hydrogen (secondary N) is 2. The number of amides is 2. The summed E-state index contributed by atoms with van der Waals surface area (Å²) >= 11 is 0. The van der Waals surface area contributed by atoms with Crippen molar-refractivity contribution >= 4 is 34.0 Å². The van der Waals surface area contributed by atoms with Crippen LogP contribution in [0.1, 0.15) is 18.4 Å². The number of H-pyrrole nitrogens is 1. The lowest BCUT2D eigenvalue weighted by Crippen LogP contribution is -2.45. The number of nitrogens with zero attached hydrogens (tertiary/aromatic N) is 6. The van der Waals surface area contributed by atoms with E-state index in [1.165, 1.54) is 18.0 Å². The molecule has 0 unspecified atom stereocenters. The van der Waals surface area contributed by atoms with Gasteiger partial charge in [-0.25, -0.2) is 9.97 Å². The van der Waals surface area contributed by atoms with Crippen molar-refractivity contribution in [1.29, 1.82) is 0 Å². The molecule has 244 valence electrons. The molecule has 1 fully saturated rings. The lowest BCUT2D eigenvalue weighted by Gasteiger charge is -2.30. The van der Waals surface area contributed by atoms with Crippen LogP contribution >= 0.6 is 0 Å². The van der Waals surface area contributed by atoms with Gasteiger partial charge < -0.3 is 20.2 Å². The van der Waals surface area contributed by atoms with Crippen molar-refractivity contribution in [2.45, 2.75) is 12.8 Å². The van der Waals surface area contributed by atoms with Crippen molar-refractivity contribution in [2.24, 2.45) is 5.41 Å². The number of hydrogen-bond donors (Lipinski definition) is 2. The number of ether oxygens (including phenoxy) is 1. The van der Waals surface area contributed by atoms with Gasteiger partial charge in [-0.05, 0) is 54.8 Å². The summed E-state index contributed by atoms with van der Waals surface area (Å²) in [4.78, 5) is 39.8. The molecule has 0 spiro atoms. The maximum absolute atomic E-state index is 13.8. The molecular weight excluding hydrogens is 608 g/mol. The summed E-state index contributed by atoms with van der Waals surface area (Å²) < 4.78 is 6.27. The normalized spacial score (nSPS) is 18.2. The highest BCUT2D eigenvalue weighted by Gasteiger charge is 2.45. The van der Waals surface area contributed by atoms with Crippen LogP contribution in [0.4, 0.5) is 5.69 Å². The molecule has 1 atom stereocenters. The molecule has 2 aromatic carbocycles. The molecule has 2 aliphatic heterocycles. The fourth-order valence-electron chi connectivity index (χ4n) is 6.62. The number of anilines is 1. The minimum atomic E-state index is -0.795. The summed E-state index contributed by atoms with van der Waals surface area (Å²) in [5.41, 5.74) is 5.45. The van der Waals surface area contributed by atoms with Gasteiger partial charge in [0, 0.05) is 73.5 Å². The number of carbonyl (C=O) groups excluding carboxylic acids is 2. The Morgan fingerprint density at radius 1 is 1.02 bits per heavy atom. The summed E-state index contributed by atoms with van der Waals surface area (Å²) in [6.45, 7) is 2.72. The van der Waals surface area contributed by atoms with Crippen molar-refractivity contribution in [3.63, 3.8) is 0 Å². The van der Waals surface area contributed by atoms with Crippen molar-refractivity contribution in [3.05, 3.63) is 102 Å². The van der Waals surface area contributed by atoms with E-state index in [9.17, 15) is 14.8 Å². The van der Waals surface area contributed by atoms with E-state index in [4.69, 9.17) is 4.74 Å². The number of pyridine rings is 1. The van der Waals surface area contributed by atoms with Crippen LogP contribution in [0.3, 0.4) is 0 Å². The molecule has 0 saturated carbocycles. The first kappa shape index (κ1) is 31.2. The molecule has 2 amide bonds. The number of benzene rings is 2. The third-order valence-corrected chi connectivity index (χ3v) is 9.23. The van der Waals surface area contributed by atoms with Crippen molar-refractivity contribution < 1.29 is 19.1 Å². The molecule has 0 radical (unpaired) electrons. The fourth-order valence-corrected chi connectivity index (χ4v) is 6.62. The number of rotatable bonds is 9. The molecule has 1 saturated heterocycles. The Labute approximate surface area is 277 Å². The summed E-state index contributed by atoms with van der Waals surface area (Å²) in [5, 5.41) is 22.9. The first-order chi connectivity index (χ1) is 23.4. The first-order valence-electron chi connectivity index (χ1n) is 16.0. The molecule has 12 heteroatoms. The Kier molecular flexibility index (Phi) is 8.66. The zero-order valence-electron chi connectivity index (χ0n) is 26.6. The second-order valence-corrected chi connectivity index (χ2v) is 12.4. The van der Waals surface area contributed by atoms with Crippen LogP contribution in [0.5, 0.6) is 0 Å². The standard InChI is InChI=1S/C36H36N8O4/c1-48-24-36(35(46)39-29-7-8-31-30(21-29)33(41-40-31)27-11-18-44(47)19-12-27)13-20-42(23-36)22-32(45)43-16-9-26(10-17-43)25-3-5-28(6-4-25)34-37-14-2-15-38-34/h2-9,11-12,14-15,18-19,21H,10,13,16-17,20,22-24H2,1H3,(H,39,46)(H,40,41)/t36-/m1/s1. The second kappa shape index (κ2) is 13.3. The van der Waals surface area contributed by atoms with Gasteiger partial charge in [-0.3, -0.25) is 19.6 Å². The molecule has 0 aliphatic carbocycles. The minimum Gasteiger partial charge on any atom is -0.619 e. The van der Waals surface area contributed by atoms with Crippen LogP contribution in [-0.4, -0.2) is 88.2 Å². The molecule has 2 N–H and O–H groups in total. The lowest BCUT2D eigenvalue weighted by molar-refractivity contribution is -0.605. The number of carbonyl (C=O) groups is 2. The van der Waals surface area contributed by atoms with Gasteiger partial charge in [-0.15, -0.1) is 0 Å². The van der Waals surface area contributed by atoms with Gasteiger partial charge in [0.1, 0.15) is 5.69 Å². The van der Waals surface area contributed by atoms with Crippen LogP contribution < -0.4 is 10.0 Å². The predicted molar refractivity (Wildman–Crippen MR) is 181 cm³/mol. The Balaban J connectivity index is 0.974. The molecule has 2 aliphatic rings. The molecule has 48 heavy (non-hydrogen) atoms. The van der Waals surface area contributed by atoms with E-state index in [0.717, 1.165) is 38.7 Å². The highest BCUT2D eigenvalue weighted by molar-refractivity contribution is 6.00. The van der Waals surface area contributed by atoms with E-state index in [1.807, 2.05) is 35.2 Å². The van der Waals surface area contributed by atoms with Gasteiger partial charge in [0.15, 0.2) is 18.2 Å². The lowest BCUT2D eigenvalue weighted by atomic mass is 9.87. The Morgan fingerprint density at radius 3 is 2.52 bits per heavy atom. The third kappa shape index (κ3) is 6.40. The van der Waals surface area contributed by atoms with Crippen molar-refractivity contribution in [1.82, 2.24) is 30.0 Å². The Bertz CT molecular complexity index is 1960. The summed E-state index contributed by atoms with van der Waals surface area (Å²) in [6.07, 6.45) is 9.79. The Morgan fingerprint density at radius 2 is 1.79 bits per heavy atom. The predicted octanol–water partition coefficient (Wildman–Crippen LogP) is 3.91. The van der Waals surface area contributed by atoms with Gasteiger partial charge in [0.05, 0.1) is 24.1 Å². The molecular formula is C36H36N8O4. The van der Waals surface area contributed by atoms with Crippen LogP contribution in [0.25, 0.3) is 39.1 Å². The van der Waals surface area contributed by atoms with E-state index < -0.39 is 5.41 Å². The SMILES string of the molecule is COC[C@@]1(C(=O)Nc2ccc3[nH]nc(-c4cc[n+]([O-])cc4)c3c2)CCN(CC(=O)N2CC=C(c3ccc(-c4ncccn4)cc3)CC2)C1. The monoisotopic (exact) mass is 644 g/mol. The van der Waals surface area contributed by atoms with Crippen LogP contribution in [0.2, 0.25) is 0 Å². The van der Waals surface area contributed by atoms with E-state index in [0.29, 0.717) is 49.8 Å². The molecule has 3 aromatic heterocycles.